The van der Waals surface area contributed by atoms with Gasteiger partial charge in [0.05, 0.1) is 5.60 Å². The highest BCUT2D eigenvalue weighted by Crippen LogP contribution is 2.62. The van der Waals surface area contributed by atoms with E-state index < -0.39 is 0 Å². The fourth-order valence-corrected chi connectivity index (χ4v) is 4.41. The number of rotatable bonds is 0. The molecule has 5 atom stereocenters. The number of hydrogen-bond donors (Lipinski definition) is 1. The van der Waals surface area contributed by atoms with Crippen LogP contribution in [0.4, 0.5) is 0 Å². The minimum Gasteiger partial charge on any atom is -0.390 e. The molecular formula is C11H18O. The zero-order valence-corrected chi connectivity index (χ0v) is 7.79. The molecule has 0 aromatic rings. The van der Waals surface area contributed by atoms with E-state index in [4.69, 9.17) is 0 Å². The van der Waals surface area contributed by atoms with Gasteiger partial charge in [-0.05, 0) is 56.3 Å². The molecule has 3 rings (SSSR count). The first kappa shape index (κ1) is 7.37. The number of aliphatic hydroxyl groups is 1. The van der Waals surface area contributed by atoms with E-state index in [1.807, 2.05) is 0 Å². The summed E-state index contributed by atoms with van der Waals surface area (Å²) in [5.74, 6) is 3.46. The van der Waals surface area contributed by atoms with Crippen molar-refractivity contribution >= 4 is 0 Å². The third-order valence-electron chi connectivity index (χ3n) is 4.78. The number of hydrogen-bond acceptors (Lipinski definition) is 1. The Labute approximate surface area is 74.2 Å². The van der Waals surface area contributed by atoms with Gasteiger partial charge in [-0.2, -0.15) is 0 Å². The maximum atomic E-state index is 10.1. The Morgan fingerprint density at radius 3 is 2.83 bits per heavy atom. The van der Waals surface area contributed by atoms with Crippen LogP contribution in [0.25, 0.3) is 0 Å². The van der Waals surface area contributed by atoms with Crippen LogP contribution in [0, 0.1) is 23.7 Å². The lowest BCUT2D eigenvalue weighted by molar-refractivity contribution is -0.0295. The lowest BCUT2D eigenvalue weighted by Gasteiger charge is -2.36. The molecule has 0 unspecified atom stereocenters. The molecule has 3 saturated carbocycles. The Bertz CT molecular complexity index is 209. The van der Waals surface area contributed by atoms with Crippen molar-refractivity contribution < 1.29 is 5.11 Å². The van der Waals surface area contributed by atoms with Gasteiger partial charge in [-0.25, -0.2) is 0 Å². The van der Waals surface area contributed by atoms with Crippen molar-refractivity contribution in [2.45, 2.75) is 44.6 Å². The predicted molar refractivity (Wildman–Crippen MR) is 47.7 cm³/mol. The highest BCUT2D eigenvalue weighted by molar-refractivity contribution is 5.08. The SMILES string of the molecule is C[C@]1(O)C[C@H]2C[C@H]1[C@H]1CCC[C@@H]21. The van der Waals surface area contributed by atoms with Gasteiger partial charge in [0.2, 0.25) is 0 Å². The third-order valence-corrected chi connectivity index (χ3v) is 4.78. The molecule has 0 saturated heterocycles. The van der Waals surface area contributed by atoms with Crippen molar-refractivity contribution in [3.05, 3.63) is 0 Å². The summed E-state index contributed by atoms with van der Waals surface area (Å²) in [6.45, 7) is 2.06. The molecule has 1 N–H and O–H groups in total. The third kappa shape index (κ3) is 0.736. The van der Waals surface area contributed by atoms with Crippen LogP contribution in [-0.2, 0) is 0 Å². The Balaban J connectivity index is 1.93. The van der Waals surface area contributed by atoms with Crippen molar-refractivity contribution in [3.63, 3.8) is 0 Å². The van der Waals surface area contributed by atoms with Crippen LogP contribution in [0.5, 0.6) is 0 Å². The fraction of sp³-hybridized carbons (Fsp3) is 1.00. The highest BCUT2D eigenvalue weighted by atomic mass is 16.3. The summed E-state index contributed by atoms with van der Waals surface area (Å²) in [7, 11) is 0. The van der Waals surface area contributed by atoms with E-state index in [1.165, 1.54) is 25.7 Å². The minimum absolute atomic E-state index is 0.295. The minimum atomic E-state index is -0.295. The molecule has 0 heterocycles. The van der Waals surface area contributed by atoms with Gasteiger partial charge in [0, 0.05) is 0 Å². The Morgan fingerprint density at radius 1 is 1.25 bits per heavy atom. The van der Waals surface area contributed by atoms with Crippen LogP contribution in [0.15, 0.2) is 0 Å². The van der Waals surface area contributed by atoms with Crippen LogP contribution < -0.4 is 0 Å². The van der Waals surface area contributed by atoms with Gasteiger partial charge in [0.1, 0.15) is 0 Å². The van der Waals surface area contributed by atoms with Gasteiger partial charge in [-0.3, -0.25) is 0 Å². The quantitative estimate of drug-likeness (QED) is 0.585. The van der Waals surface area contributed by atoms with Gasteiger partial charge in [-0.1, -0.05) is 6.42 Å². The Hall–Kier alpha value is -0.0400. The van der Waals surface area contributed by atoms with Gasteiger partial charge in [0.25, 0.3) is 0 Å². The Kier molecular flexibility index (Phi) is 1.27. The van der Waals surface area contributed by atoms with Crippen molar-refractivity contribution in [1.29, 1.82) is 0 Å². The second kappa shape index (κ2) is 2.06. The maximum Gasteiger partial charge on any atom is 0.0653 e. The zero-order valence-electron chi connectivity index (χ0n) is 7.79. The molecule has 3 aliphatic carbocycles. The van der Waals surface area contributed by atoms with Crippen molar-refractivity contribution in [3.8, 4) is 0 Å². The number of fused-ring (bicyclic) bond motifs is 5. The van der Waals surface area contributed by atoms with Gasteiger partial charge >= 0.3 is 0 Å². The molecule has 0 amide bonds. The molecule has 0 aromatic carbocycles. The smallest absolute Gasteiger partial charge is 0.0653 e. The molecule has 68 valence electrons. The maximum absolute atomic E-state index is 10.1. The second-order valence-corrected chi connectivity index (χ2v) is 5.42. The molecule has 0 aliphatic heterocycles. The van der Waals surface area contributed by atoms with Gasteiger partial charge < -0.3 is 5.11 Å². The molecule has 1 nitrogen and oxygen atoms in total. The van der Waals surface area contributed by atoms with E-state index in [-0.39, 0.29) is 5.60 Å². The van der Waals surface area contributed by atoms with Crippen molar-refractivity contribution in [2.75, 3.05) is 0 Å². The molecule has 1 heteroatoms. The van der Waals surface area contributed by atoms with E-state index in [0.717, 1.165) is 24.2 Å². The van der Waals surface area contributed by atoms with Crippen LogP contribution in [0.1, 0.15) is 39.0 Å². The summed E-state index contributed by atoms with van der Waals surface area (Å²) in [5, 5.41) is 10.1. The molecule has 0 spiro atoms. The molecule has 12 heavy (non-hydrogen) atoms. The van der Waals surface area contributed by atoms with Gasteiger partial charge in [0.15, 0.2) is 0 Å². The molecule has 2 bridgehead atoms. The van der Waals surface area contributed by atoms with Crippen LogP contribution in [0.2, 0.25) is 0 Å². The molecule has 0 radical (unpaired) electrons. The van der Waals surface area contributed by atoms with E-state index in [0.29, 0.717) is 5.92 Å². The van der Waals surface area contributed by atoms with Crippen molar-refractivity contribution in [2.24, 2.45) is 23.7 Å². The monoisotopic (exact) mass is 166 g/mol. The summed E-state index contributed by atoms with van der Waals surface area (Å²) in [5.41, 5.74) is -0.295. The van der Waals surface area contributed by atoms with Crippen LogP contribution in [-0.4, -0.2) is 10.7 Å². The molecular weight excluding hydrogens is 148 g/mol. The van der Waals surface area contributed by atoms with Crippen molar-refractivity contribution in [1.82, 2.24) is 0 Å². The molecule has 0 aromatic heterocycles. The highest BCUT2D eigenvalue weighted by Gasteiger charge is 2.58. The first-order valence-corrected chi connectivity index (χ1v) is 5.41. The van der Waals surface area contributed by atoms with E-state index >= 15 is 0 Å². The second-order valence-electron chi connectivity index (χ2n) is 5.42. The first-order chi connectivity index (χ1) is 5.68. The average molecular weight is 166 g/mol. The van der Waals surface area contributed by atoms with Gasteiger partial charge in [-0.15, -0.1) is 0 Å². The first-order valence-electron chi connectivity index (χ1n) is 5.41. The fourth-order valence-electron chi connectivity index (χ4n) is 4.41. The summed E-state index contributed by atoms with van der Waals surface area (Å²) < 4.78 is 0. The largest absolute Gasteiger partial charge is 0.390 e. The van der Waals surface area contributed by atoms with E-state index in [1.54, 1.807) is 0 Å². The summed E-state index contributed by atoms with van der Waals surface area (Å²) >= 11 is 0. The summed E-state index contributed by atoms with van der Waals surface area (Å²) in [6.07, 6.45) is 6.73. The zero-order chi connectivity index (χ0) is 8.34. The standard InChI is InChI=1S/C11H18O/c1-11(12)6-7-5-10(11)9-4-2-3-8(7)9/h7-10,12H,2-6H2,1H3/t7-,8+,9+,10+,11+/m1/s1. The lowest BCUT2D eigenvalue weighted by Crippen LogP contribution is -2.38. The van der Waals surface area contributed by atoms with Crippen LogP contribution in [0.3, 0.4) is 0 Å². The van der Waals surface area contributed by atoms with E-state index in [2.05, 4.69) is 6.92 Å². The molecule has 3 fully saturated rings. The summed E-state index contributed by atoms with van der Waals surface area (Å²) in [6, 6.07) is 0. The topological polar surface area (TPSA) is 20.2 Å². The predicted octanol–water partition coefficient (Wildman–Crippen LogP) is 2.19. The summed E-state index contributed by atoms with van der Waals surface area (Å²) in [4.78, 5) is 0. The average Bonchev–Trinajstić information content (AvgIpc) is 2.53. The van der Waals surface area contributed by atoms with E-state index in [9.17, 15) is 5.11 Å². The lowest BCUT2D eigenvalue weighted by atomic mass is 9.74. The Morgan fingerprint density at radius 2 is 2.00 bits per heavy atom. The normalized spacial score (nSPS) is 62.5. The van der Waals surface area contributed by atoms with Crippen LogP contribution >= 0.6 is 0 Å². The molecule has 3 aliphatic rings.